The number of halogens is 1. The first-order chi connectivity index (χ1) is 8.63. The molecule has 1 heterocycles. The van der Waals surface area contributed by atoms with Crippen molar-refractivity contribution in [3.63, 3.8) is 0 Å². The molecule has 1 saturated heterocycles. The third-order valence-corrected chi connectivity index (χ3v) is 4.91. The molecular weight excluding hydrogens is 260 g/mol. The summed E-state index contributed by atoms with van der Waals surface area (Å²) in [4.78, 5) is 14.8. The van der Waals surface area contributed by atoms with Crippen LogP contribution >= 0.6 is 12.4 Å². The summed E-state index contributed by atoms with van der Waals surface area (Å²) >= 11 is 0. The van der Waals surface area contributed by atoms with Gasteiger partial charge in [-0.05, 0) is 38.0 Å². The van der Waals surface area contributed by atoms with E-state index in [1.54, 1.807) is 0 Å². The first kappa shape index (κ1) is 18.7. The van der Waals surface area contributed by atoms with Crippen LogP contribution in [0, 0.1) is 11.3 Å². The molecule has 1 fully saturated rings. The van der Waals surface area contributed by atoms with E-state index < -0.39 is 0 Å². The summed E-state index contributed by atoms with van der Waals surface area (Å²) in [5.41, 5.74) is 5.57. The SMILES string of the molecule is CCC1CCCN(C(=O)C(CC)(CC)CN)CC1.Cl. The topological polar surface area (TPSA) is 46.3 Å². The summed E-state index contributed by atoms with van der Waals surface area (Å²) in [5.74, 6) is 1.10. The molecule has 114 valence electrons. The second-order valence-electron chi connectivity index (χ2n) is 5.69. The second-order valence-corrected chi connectivity index (χ2v) is 5.69. The van der Waals surface area contributed by atoms with E-state index in [1.807, 2.05) is 0 Å². The van der Waals surface area contributed by atoms with Gasteiger partial charge in [0.1, 0.15) is 0 Å². The smallest absolute Gasteiger partial charge is 0.230 e. The maximum Gasteiger partial charge on any atom is 0.230 e. The lowest BCUT2D eigenvalue weighted by molar-refractivity contribution is -0.142. The highest BCUT2D eigenvalue weighted by Crippen LogP contribution is 2.30. The summed E-state index contributed by atoms with van der Waals surface area (Å²) in [7, 11) is 0. The Balaban J connectivity index is 0.00000324. The van der Waals surface area contributed by atoms with Crippen molar-refractivity contribution in [3.8, 4) is 0 Å². The predicted molar refractivity (Wildman–Crippen MR) is 83.5 cm³/mol. The van der Waals surface area contributed by atoms with Crippen molar-refractivity contribution in [2.75, 3.05) is 19.6 Å². The first-order valence-corrected chi connectivity index (χ1v) is 7.63. The van der Waals surface area contributed by atoms with Crippen LogP contribution in [-0.4, -0.2) is 30.4 Å². The zero-order valence-electron chi connectivity index (χ0n) is 12.8. The molecule has 0 aromatic rings. The highest BCUT2D eigenvalue weighted by molar-refractivity contribution is 5.85. The van der Waals surface area contributed by atoms with Crippen LogP contribution in [-0.2, 0) is 4.79 Å². The Labute approximate surface area is 124 Å². The first-order valence-electron chi connectivity index (χ1n) is 7.63. The lowest BCUT2D eigenvalue weighted by Crippen LogP contribution is -2.48. The van der Waals surface area contributed by atoms with Gasteiger partial charge < -0.3 is 10.6 Å². The molecule has 1 aliphatic rings. The van der Waals surface area contributed by atoms with Gasteiger partial charge in [-0.2, -0.15) is 0 Å². The van der Waals surface area contributed by atoms with Crippen molar-refractivity contribution in [1.82, 2.24) is 4.90 Å². The lowest BCUT2D eigenvalue weighted by atomic mass is 9.81. The number of likely N-dealkylation sites (tertiary alicyclic amines) is 1. The molecule has 0 bridgehead atoms. The number of rotatable bonds is 5. The fourth-order valence-electron chi connectivity index (χ4n) is 3.04. The van der Waals surface area contributed by atoms with Crippen LogP contribution < -0.4 is 5.73 Å². The molecule has 1 atom stereocenters. The molecule has 3 nitrogen and oxygen atoms in total. The van der Waals surface area contributed by atoms with Gasteiger partial charge in [-0.3, -0.25) is 4.79 Å². The van der Waals surface area contributed by atoms with Crippen molar-refractivity contribution < 1.29 is 4.79 Å². The Morgan fingerprint density at radius 2 is 1.84 bits per heavy atom. The molecule has 0 aromatic carbocycles. The Morgan fingerprint density at radius 3 is 2.32 bits per heavy atom. The van der Waals surface area contributed by atoms with Gasteiger partial charge in [-0.1, -0.05) is 27.2 Å². The third-order valence-electron chi connectivity index (χ3n) is 4.91. The van der Waals surface area contributed by atoms with Crippen LogP contribution in [0.1, 0.15) is 59.3 Å². The van der Waals surface area contributed by atoms with Crippen molar-refractivity contribution in [1.29, 1.82) is 0 Å². The van der Waals surface area contributed by atoms with E-state index in [9.17, 15) is 4.79 Å². The molecule has 1 unspecified atom stereocenters. The van der Waals surface area contributed by atoms with E-state index in [-0.39, 0.29) is 17.8 Å². The number of nitrogens with two attached hydrogens (primary N) is 1. The minimum atomic E-state index is -0.313. The number of hydrogen-bond donors (Lipinski definition) is 1. The van der Waals surface area contributed by atoms with Crippen LogP contribution in [0.15, 0.2) is 0 Å². The van der Waals surface area contributed by atoms with Crippen LogP contribution in [0.2, 0.25) is 0 Å². The molecule has 0 spiro atoms. The maximum absolute atomic E-state index is 12.7. The van der Waals surface area contributed by atoms with E-state index in [0.717, 1.165) is 44.7 Å². The second kappa shape index (κ2) is 8.80. The number of nitrogens with zero attached hydrogens (tertiary/aromatic N) is 1. The Hall–Kier alpha value is -0.280. The van der Waals surface area contributed by atoms with Gasteiger partial charge in [-0.25, -0.2) is 0 Å². The van der Waals surface area contributed by atoms with Crippen LogP contribution in [0.25, 0.3) is 0 Å². The van der Waals surface area contributed by atoms with Gasteiger partial charge in [0, 0.05) is 19.6 Å². The highest BCUT2D eigenvalue weighted by atomic mass is 35.5. The Bertz CT molecular complexity index is 259. The van der Waals surface area contributed by atoms with E-state index in [0.29, 0.717) is 12.5 Å². The molecule has 4 heteroatoms. The Kier molecular flexibility index (Phi) is 8.67. The predicted octanol–water partition coefficient (Wildman–Crippen LogP) is 3.21. The summed E-state index contributed by atoms with van der Waals surface area (Å²) < 4.78 is 0. The van der Waals surface area contributed by atoms with Crippen molar-refractivity contribution in [2.45, 2.75) is 59.3 Å². The minimum Gasteiger partial charge on any atom is -0.342 e. The summed E-state index contributed by atoms with van der Waals surface area (Å²) in [5, 5.41) is 0. The van der Waals surface area contributed by atoms with Gasteiger partial charge in [0.25, 0.3) is 0 Å². The van der Waals surface area contributed by atoms with Gasteiger partial charge >= 0.3 is 0 Å². The molecular formula is C15H31ClN2O. The van der Waals surface area contributed by atoms with Gasteiger partial charge in [-0.15, -0.1) is 12.4 Å². The number of carbonyl (C=O) groups excluding carboxylic acids is 1. The highest BCUT2D eigenvalue weighted by Gasteiger charge is 2.37. The van der Waals surface area contributed by atoms with E-state index in [1.165, 1.54) is 12.8 Å². The average Bonchev–Trinajstić information content (AvgIpc) is 2.66. The summed E-state index contributed by atoms with van der Waals surface area (Å²) in [6.07, 6.45) is 6.54. The van der Waals surface area contributed by atoms with Crippen molar-refractivity contribution in [2.24, 2.45) is 17.1 Å². The van der Waals surface area contributed by atoms with Gasteiger partial charge in [0.15, 0.2) is 0 Å². The molecule has 0 aliphatic carbocycles. The van der Waals surface area contributed by atoms with Gasteiger partial charge in [0.2, 0.25) is 5.91 Å². The normalized spacial score (nSPS) is 20.6. The minimum absolute atomic E-state index is 0. The van der Waals surface area contributed by atoms with Crippen LogP contribution in [0.4, 0.5) is 0 Å². The van der Waals surface area contributed by atoms with Crippen LogP contribution in [0.5, 0.6) is 0 Å². The number of carbonyl (C=O) groups is 1. The summed E-state index contributed by atoms with van der Waals surface area (Å²) in [6.45, 7) is 8.76. The molecule has 1 amide bonds. The quantitative estimate of drug-likeness (QED) is 0.845. The number of amides is 1. The van der Waals surface area contributed by atoms with Crippen LogP contribution in [0.3, 0.4) is 0 Å². The number of hydrogen-bond acceptors (Lipinski definition) is 2. The average molecular weight is 291 g/mol. The summed E-state index contributed by atoms with van der Waals surface area (Å²) in [6, 6.07) is 0. The lowest BCUT2D eigenvalue weighted by Gasteiger charge is -2.34. The fraction of sp³-hybridized carbons (Fsp3) is 0.933. The Morgan fingerprint density at radius 1 is 1.21 bits per heavy atom. The molecule has 0 aromatic heterocycles. The molecule has 19 heavy (non-hydrogen) atoms. The van der Waals surface area contributed by atoms with Gasteiger partial charge in [0.05, 0.1) is 5.41 Å². The standard InChI is InChI=1S/C15H30N2O.ClH/c1-4-13-8-7-10-17(11-9-13)14(18)15(5-2,6-3)12-16;/h13H,4-12,16H2,1-3H3;1H. The molecule has 1 aliphatic heterocycles. The zero-order chi connectivity index (χ0) is 13.6. The zero-order valence-corrected chi connectivity index (χ0v) is 13.6. The van der Waals surface area contributed by atoms with E-state index in [4.69, 9.17) is 5.73 Å². The molecule has 0 radical (unpaired) electrons. The monoisotopic (exact) mass is 290 g/mol. The van der Waals surface area contributed by atoms with E-state index >= 15 is 0 Å². The van der Waals surface area contributed by atoms with Crippen molar-refractivity contribution in [3.05, 3.63) is 0 Å². The molecule has 0 saturated carbocycles. The molecule has 2 N–H and O–H groups in total. The third kappa shape index (κ3) is 4.35. The van der Waals surface area contributed by atoms with Crippen molar-refractivity contribution >= 4 is 18.3 Å². The maximum atomic E-state index is 12.7. The fourth-order valence-corrected chi connectivity index (χ4v) is 3.04. The molecule has 1 rings (SSSR count). The largest absolute Gasteiger partial charge is 0.342 e. The van der Waals surface area contributed by atoms with E-state index in [2.05, 4.69) is 25.7 Å².